The van der Waals surface area contributed by atoms with Gasteiger partial charge in [0.2, 0.25) is 11.8 Å². The van der Waals surface area contributed by atoms with E-state index in [2.05, 4.69) is 10.6 Å². The lowest BCUT2D eigenvalue weighted by Crippen LogP contribution is -2.58. The molecule has 3 amide bonds. The first-order valence-electron chi connectivity index (χ1n) is 12.9. The van der Waals surface area contributed by atoms with Crippen molar-refractivity contribution in [1.29, 1.82) is 0 Å². The van der Waals surface area contributed by atoms with Gasteiger partial charge in [-0.15, -0.1) is 0 Å². The smallest absolute Gasteiger partial charge is 0.408 e. The van der Waals surface area contributed by atoms with Crippen molar-refractivity contribution in [2.24, 2.45) is 0 Å². The number of aliphatic hydroxyl groups is 1. The highest BCUT2D eigenvalue weighted by Crippen LogP contribution is 2.17. The minimum atomic E-state index is -1.34. The Morgan fingerprint density at radius 1 is 1.13 bits per heavy atom. The number of ether oxygens (including phenoxy) is 3. The second-order valence-corrected chi connectivity index (χ2v) is 9.15. The van der Waals surface area contributed by atoms with Crippen LogP contribution in [-0.4, -0.2) is 78.9 Å². The second kappa shape index (κ2) is 14.7. The van der Waals surface area contributed by atoms with Crippen LogP contribution in [0.3, 0.4) is 0 Å². The number of unbranched alkanes of at least 4 members (excludes halogenated alkanes) is 1. The molecule has 0 saturated heterocycles. The topological polar surface area (TPSA) is 144 Å². The number of nitrogens with one attached hydrogen (secondary N) is 2. The highest BCUT2D eigenvalue weighted by molar-refractivity contribution is 5.93. The zero-order valence-electron chi connectivity index (χ0n) is 22.1. The number of aliphatic hydroxyl groups excluding tert-OH is 1. The molecular formula is C28H35N3O8. The zero-order chi connectivity index (χ0) is 28.2. The third-order valence-electron chi connectivity index (χ3n) is 6.19. The third kappa shape index (κ3) is 8.71. The minimum absolute atomic E-state index is 0.00413. The van der Waals surface area contributed by atoms with E-state index < -0.39 is 48.6 Å². The van der Waals surface area contributed by atoms with Gasteiger partial charge in [-0.25, -0.2) is 9.59 Å². The number of hydrogen-bond acceptors (Lipinski definition) is 8. The van der Waals surface area contributed by atoms with Gasteiger partial charge in [0.25, 0.3) is 0 Å². The molecule has 0 unspecified atom stereocenters. The van der Waals surface area contributed by atoms with Crippen molar-refractivity contribution >= 4 is 23.9 Å². The number of rotatable bonds is 8. The first kappa shape index (κ1) is 29.4. The van der Waals surface area contributed by atoms with Gasteiger partial charge in [-0.2, -0.15) is 0 Å². The van der Waals surface area contributed by atoms with Crippen LogP contribution in [0.5, 0.6) is 5.75 Å². The van der Waals surface area contributed by atoms with E-state index in [0.717, 1.165) is 16.9 Å². The standard InChI is InChI=1S/C28H35N3O8/c1-3-4-13-37-27(35)23-18-38-21-12-8-11-20(14-21)15-22(26(34)31(2)24(16-32)25(33)29-23)30-28(36)39-17-19-9-6-5-7-10-19/h5-12,14,22-24,32H,3-4,13,15-18H2,1-2H3,(H,29,33)(H,30,36)/t22-,23-,24-/m0/s1. The Kier molecular flexibility index (Phi) is 11.1. The molecule has 11 nitrogen and oxygen atoms in total. The number of alkyl carbamates (subject to hydrolysis) is 1. The average Bonchev–Trinajstić information content (AvgIpc) is 2.94. The summed E-state index contributed by atoms with van der Waals surface area (Å²) in [4.78, 5) is 52.9. The summed E-state index contributed by atoms with van der Waals surface area (Å²) in [5.41, 5.74) is 1.43. The quantitative estimate of drug-likeness (QED) is 0.338. The Balaban J connectivity index is 1.82. The molecule has 11 heteroatoms. The van der Waals surface area contributed by atoms with Crippen LogP contribution in [0.4, 0.5) is 4.79 Å². The van der Waals surface area contributed by atoms with Gasteiger partial charge in [0, 0.05) is 13.5 Å². The summed E-state index contributed by atoms with van der Waals surface area (Å²) < 4.78 is 16.3. The number of benzene rings is 2. The molecule has 0 aromatic heterocycles. The minimum Gasteiger partial charge on any atom is -0.491 e. The normalized spacial score (nSPS) is 19.9. The van der Waals surface area contributed by atoms with E-state index in [1.165, 1.54) is 7.05 Å². The van der Waals surface area contributed by atoms with Gasteiger partial charge in [0.05, 0.1) is 13.2 Å². The fourth-order valence-electron chi connectivity index (χ4n) is 3.92. The monoisotopic (exact) mass is 541 g/mol. The predicted octanol–water partition coefficient (Wildman–Crippen LogP) is 1.56. The van der Waals surface area contributed by atoms with Gasteiger partial charge in [0.15, 0.2) is 6.04 Å². The molecular weight excluding hydrogens is 506 g/mol. The Labute approximate surface area is 227 Å². The molecule has 3 atom stereocenters. The third-order valence-corrected chi connectivity index (χ3v) is 6.19. The van der Waals surface area contributed by atoms with Crippen LogP contribution in [0, 0.1) is 0 Å². The maximum absolute atomic E-state index is 13.5. The van der Waals surface area contributed by atoms with Crippen LogP contribution in [0.1, 0.15) is 30.9 Å². The number of fused-ring (bicyclic) bond motifs is 2. The Morgan fingerprint density at radius 2 is 1.90 bits per heavy atom. The maximum Gasteiger partial charge on any atom is 0.408 e. The van der Waals surface area contributed by atoms with E-state index in [1.54, 1.807) is 36.4 Å². The number of esters is 1. The van der Waals surface area contributed by atoms with Crippen LogP contribution < -0.4 is 15.4 Å². The van der Waals surface area contributed by atoms with Crippen molar-refractivity contribution in [3.8, 4) is 5.75 Å². The maximum atomic E-state index is 13.5. The van der Waals surface area contributed by atoms with Crippen molar-refractivity contribution < 1.29 is 38.5 Å². The molecule has 1 aliphatic rings. The largest absolute Gasteiger partial charge is 0.491 e. The van der Waals surface area contributed by atoms with Gasteiger partial charge in [0.1, 0.15) is 31.0 Å². The molecule has 210 valence electrons. The Hall–Kier alpha value is -4.12. The van der Waals surface area contributed by atoms with Gasteiger partial charge < -0.3 is 34.9 Å². The molecule has 0 fully saturated rings. The van der Waals surface area contributed by atoms with E-state index in [1.807, 2.05) is 25.1 Å². The summed E-state index contributed by atoms with van der Waals surface area (Å²) in [7, 11) is 1.34. The first-order valence-corrected chi connectivity index (χ1v) is 12.9. The van der Waals surface area contributed by atoms with Crippen molar-refractivity contribution in [1.82, 2.24) is 15.5 Å². The van der Waals surface area contributed by atoms with E-state index in [0.29, 0.717) is 17.7 Å². The first-order chi connectivity index (χ1) is 18.8. The van der Waals surface area contributed by atoms with Gasteiger partial charge >= 0.3 is 12.1 Å². The fraction of sp³-hybridized carbons (Fsp3) is 0.429. The van der Waals surface area contributed by atoms with E-state index >= 15 is 0 Å². The zero-order valence-corrected chi connectivity index (χ0v) is 22.1. The molecule has 39 heavy (non-hydrogen) atoms. The Morgan fingerprint density at radius 3 is 2.62 bits per heavy atom. The van der Waals surface area contributed by atoms with Crippen molar-refractivity contribution in [3.05, 3.63) is 65.7 Å². The Bertz CT molecular complexity index is 1130. The lowest BCUT2D eigenvalue weighted by Gasteiger charge is -2.30. The summed E-state index contributed by atoms with van der Waals surface area (Å²) in [5, 5.41) is 15.1. The summed E-state index contributed by atoms with van der Waals surface area (Å²) in [5.74, 6) is -1.69. The van der Waals surface area contributed by atoms with Gasteiger partial charge in [-0.1, -0.05) is 55.8 Å². The van der Waals surface area contributed by atoms with Gasteiger partial charge in [-0.05, 0) is 29.7 Å². The number of hydrogen-bond donors (Lipinski definition) is 3. The fourth-order valence-corrected chi connectivity index (χ4v) is 3.92. The number of amides is 3. The number of carbonyl (C=O) groups is 4. The second-order valence-electron chi connectivity index (χ2n) is 9.15. The van der Waals surface area contributed by atoms with E-state index in [-0.39, 0.29) is 26.2 Å². The van der Waals surface area contributed by atoms with Crippen LogP contribution in [0.2, 0.25) is 0 Å². The number of carbonyl (C=O) groups excluding carboxylic acids is 4. The molecule has 0 saturated carbocycles. The van der Waals surface area contributed by atoms with Crippen molar-refractivity contribution in [2.45, 2.75) is 50.9 Å². The lowest BCUT2D eigenvalue weighted by atomic mass is 10.0. The SMILES string of the molecule is CCCCOC(=O)[C@@H]1COc2cccc(c2)C[C@H](NC(=O)OCc2ccccc2)C(=O)N(C)[C@@H](CO)C(=O)N1. The molecule has 3 N–H and O–H groups in total. The van der Waals surface area contributed by atoms with Crippen LogP contribution in [0.15, 0.2) is 54.6 Å². The summed E-state index contributed by atoms with van der Waals surface area (Å²) in [6, 6.07) is 12.3. The predicted molar refractivity (Wildman–Crippen MR) is 141 cm³/mol. The summed E-state index contributed by atoms with van der Waals surface area (Å²) in [6.45, 7) is 1.21. The average molecular weight is 542 g/mol. The van der Waals surface area contributed by atoms with Crippen molar-refractivity contribution in [2.75, 3.05) is 26.9 Å². The molecule has 0 spiro atoms. The molecule has 2 aromatic carbocycles. The number of nitrogens with zero attached hydrogens (tertiary/aromatic N) is 1. The van der Waals surface area contributed by atoms with Gasteiger partial charge in [-0.3, -0.25) is 9.59 Å². The van der Waals surface area contributed by atoms with Crippen molar-refractivity contribution in [3.63, 3.8) is 0 Å². The van der Waals surface area contributed by atoms with Crippen LogP contribution >= 0.6 is 0 Å². The molecule has 0 aliphatic carbocycles. The van der Waals surface area contributed by atoms with E-state index in [9.17, 15) is 24.3 Å². The molecule has 0 radical (unpaired) electrons. The molecule has 3 rings (SSSR count). The highest BCUT2D eigenvalue weighted by Gasteiger charge is 2.35. The number of likely N-dealkylation sites (N-methyl/N-ethyl adjacent to an activating group) is 1. The van der Waals surface area contributed by atoms with Crippen LogP contribution in [-0.2, 0) is 36.9 Å². The van der Waals surface area contributed by atoms with Crippen LogP contribution in [0.25, 0.3) is 0 Å². The van der Waals surface area contributed by atoms with E-state index in [4.69, 9.17) is 14.2 Å². The lowest BCUT2D eigenvalue weighted by molar-refractivity contribution is -0.150. The molecule has 1 aliphatic heterocycles. The summed E-state index contributed by atoms with van der Waals surface area (Å²) >= 11 is 0. The molecule has 2 bridgehead atoms. The highest BCUT2D eigenvalue weighted by atomic mass is 16.5. The molecule has 1 heterocycles. The summed E-state index contributed by atoms with van der Waals surface area (Å²) in [6.07, 6.45) is 0.723. The molecule has 2 aromatic rings.